The van der Waals surface area contributed by atoms with Gasteiger partial charge in [0.25, 0.3) is 5.91 Å². The van der Waals surface area contributed by atoms with Gasteiger partial charge in [0.1, 0.15) is 0 Å². The number of H-pyrrole nitrogens is 1. The van der Waals surface area contributed by atoms with Crippen LogP contribution in [0.1, 0.15) is 28.2 Å². The van der Waals surface area contributed by atoms with Crippen molar-refractivity contribution in [3.8, 4) is 0 Å². The molecule has 1 aromatic heterocycles. The fraction of sp³-hybridized carbons (Fsp3) is 0.600. The van der Waals surface area contributed by atoms with Crippen LogP contribution in [0.25, 0.3) is 0 Å². The first kappa shape index (κ1) is 10.2. The van der Waals surface area contributed by atoms with Gasteiger partial charge in [0.05, 0.1) is 11.3 Å². The zero-order valence-corrected chi connectivity index (χ0v) is 9.08. The average Bonchev–Trinajstić information content (AvgIpc) is 2.73. The highest BCUT2D eigenvalue weighted by molar-refractivity contribution is 5.96. The first-order valence-corrected chi connectivity index (χ1v) is 5.16. The Morgan fingerprint density at radius 2 is 2.33 bits per heavy atom. The molecule has 5 nitrogen and oxygen atoms in total. The third-order valence-corrected chi connectivity index (χ3v) is 2.85. The molecule has 5 heteroatoms. The van der Waals surface area contributed by atoms with E-state index in [-0.39, 0.29) is 11.9 Å². The van der Waals surface area contributed by atoms with Gasteiger partial charge in [-0.05, 0) is 20.3 Å². The van der Waals surface area contributed by atoms with Gasteiger partial charge < -0.3 is 10.6 Å². The summed E-state index contributed by atoms with van der Waals surface area (Å²) in [6.45, 7) is 5.11. The maximum absolute atomic E-state index is 12.1. The van der Waals surface area contributed by atoms with E-state index in [0.29, 0.717) is 12.1 Å². The van der Waals surface area contributed by atoms with Crippen molar-refractivity contribution in [2.24, 2.45) is 5.73 Å². The molecule has 15 heavy (non-hydrogen) atoms. The number of hydrogen-bond donors (Lipinski definition) is 2. The Morgan fingerprint density at radius 1 is 1.60 bits per heavy atom. The molecule has 0 radical (unpaired) electrons. The number of hydrogen-bond acceptors (Lipinski definition) is 3. The molecule has 0 unspecified atom stereocenters. The molecule has 0 saturated carbocycles. The fourth-order valence-corrected chi connectivity index (χ4v) is 2.00. The molecule has 0 bridgehead atoms. The lowest BCUT2D eigenvalue weighted by Gasteiger charge is -2.15. The van der Waals surface area contributed by atoms with Crippen LogP contribution in [0.15, 0.2) is 0 Å². The van der Waals surface area contributed by atoms with E-state index in [0.717, 1.165) is 24.4 Å². The first-order valence-electron chi connectivity index (χ1n) is 5.16. The maximum atomic E-state index is 12.1. The monoisotopic (exact) mass is 208 g/mol. The lowest BCUT2D eigenvalue weighted by Crippen LogP contribution is -2.32. The summed E-state index contributed by atoms with van der Waals surface area (Å²) in [6.07, 6.45) is 0.891. The SMILES string of the molecule is Cc1n[nH]c(C)c1C(=O)N1CC[C@H](N)C1. The molecule has 1 saturated heterocycles. The van der Waals surface area contributed by atoms with Crippen LogP contribution < -0.4 is 5.73 Å². The molecule has 2 rings (SSSR count). The van der Waals surface area contributed by atoms with Gasteiger partial charge in [0.2, 0.25) is 0 Å². The van der Waals surface area contributed by atoms with Crippen molar-refractivity contribution in [2.75, 3.05) is 13.1 Å². The van der Waals surface area contributed by atoms with E-state index in [1.807, 2.05) is 13.8 Å². The number of aromatic nitrogens is 2. The van der Waals surface area contributed by atoms with Crippen molar-refractivity contribution in [3.63, 3.8) is 0 Å². The summed E-state index contributed by atoms with van der Waals surface area (Å²) in [5, 5.41) is 6.85. The Balaban J connectivity index is 2.21. The Bertz CT molecular complexity index is 365. The molecule has 0 spiro atoms. The van der Waals surface area contributed by atoms with E-state index in [4.69, 9.17) is 5.73 Å². The second-order valence-corrected chi connectivity index (χ2v) is 4.11. The Labute approximate surface area is 88.6 Å². The number of carbonyl (C=O) groups excluding carboxylic acids is 1. The van der Waals surface area contributed by atoms with Gasteiger partial charge >= 0.3 is 0 Å². The lowest BCUT2D eigenvalue weighted by atomic mass is 10.2. The minimum atomic E-state index is 0.0479. The van der Waals surface area contributed by atoms with Gasteiger partial charge in [-0.25, -0.2) is 0 Å². The van der Waals surface area contributed by atoms with Crippen LogP contribution in [0.3, 0.4) is 0 Å². The van der Waals surface area contributed by atoms with Crippen molar-refractivity contribution >= 4 is 5.91 Å². The summed E-state index contributed by atoms with van der Waals surface area (Å²) in [7, 11) is 0. The lowest BCUT2D eigenvalue weighted by molar-refractivity contribution is 0.0789. The van der Waals surface area contributed by atoms with Crippen LogP contribution in [0.4, 0.5) is 0 Å². The molecule has 1 amide bonds. The highest BCUT2D eigenvalue weighted by atomic mass is 16.2. The summed E-state index contributed by atoms with van der Waals surface area (Å²) in [5.74, 6) is 0.0479. The van der Waals surface area contributed by atoms with Crippen molar-refractivity contribution in [3.05, 3.63) is 17.0 Å². The van der Waals surface area contributed by atoms with Gasteiger partial charge in [0.15, 0.2) is 0 Å². The quantitative estimate of drug-likeness (QED) is 0.692. The van der Waals surface area contributed by atoms with Gasteiger partial charge in [-0.3, -0.25) is 9.89 Å². The van der Waals surface area contributed by atoms with E-state index in [1.165, 1.54) is 0 Å². The van der Waals surface area contributed by atoms with Crippen molar-refractivity contribution in [2.45, 2.75) is 26.3 Å². The summed E-state index contributed by atoms with van der Waals surface area (Å²) in [5.41, 5.74) is 8.07. The number of amides is 1. The topological polar surface area (TPSA) is 75.0 Å². The maximum Gasteiger partial charge on any atom is 0.257 e. The number of likely N-dealkylation sites (tertiary alicyclic amines) is 1. The zero-order chi connectivity index (χ0) is 11.0. The van der Waals surface area contributed by atoms with Crippen LogP contribution in [-0.2, 0) is 0 Å². The number of nitrogens with zero attached hydrogens (tertiary/aromatic N) is 2. The smallest absolute Gasteiger partial charge is 0.257 e. The molecule has 1 aliphatic heterocycles. The van der Waals surface area contributed by atoms with Crippen LogP contribution in [-0.4, -0.2) is 40.1 Å². The normalized spacial score (nSPS) is 21.0. The minimum Gasteiger partial charge on any atom is -0.337 e. The van der Waals surface area contributed by atoms with Crippen molar-refractivity contribution in [1.29, 1.82) is 0 Å². The molecule has 82 valence electrons. The van der Waals surface area contributed by atoms with Crippen LogP contribution in [0, 0.1) is 13.8 Å². The molecule has 0 aliphatic carbocycles. The molecule has 1 atom stereocenters. The number of aryl methyl sites for hydroxylation is 2. The van der Waals surface area contributed by atoms with Gasteiger partial charge in [-0.15, -0.1) is 0 Å². The second-order valence-electron chi connectivity index (χ2n) is 4.11. The third-order valence-electron chi connectivity index (χ3n) is 2.85. The van der Waals surface area contributed by atoms with E-state index in [1.54, 1.807) is 4.90 Å². The third kappa shape index (κ3) is 1.74. The zero-order valence-electron chi connectivity index (χ0n) is 9.08. The van der Waals surface area contributed by atoms with E-state index in [2.05, 4.69) is 10.2 Å². The molecule has 3 N–H and O–H groups in total. The van der Waals surface area contributed by atoms with Crippen LogP contribution >= 0.6 is 0 Å². The molecule has 1 aromatic rings. The van der Waals surface area contributed by atoms with E-state index in [9.17, 15) is 4.79 Å². The predicted molar refractivity (Wildman–Crippen MR) is 56.6 cm³/mol. The largest absolute Gasteiger partial charge is 0.337 e. The second kappa shape index (κ2) is 3.66. The summed E-state index contributed by atoms with van der Waals surface area (Å²) < 4.78 is 0. The fourth-order valence-electron chi connectivity index (χ4n) is 2.00. The van der Waals surface area contributed by atoms with Gasteiger partial charge in [0, 0.05) is 24.8 Å². The number of nitrogens with one attached hydrogen (secondary N) is 1. The van der Waals surface area contributed by atoms with E-state index < -0.39 is 0 Å². The minimum absolute atomic E-state index is 0.0479. The highest BCUT2D eigenvalue weighted by Gasteiger charge is 2.27. The van der Waals surface area contributed by atoms with Crippen molar-refractivity contribution < 1.29 is 4.79 Å². The number of rotatable bonds is 1. The van der Waals surface area contributed by atoms with Crippen molar-refractivity contribution in [1.82, 2.24) is 15.1 Å². The average molecular weight is 208 g/mol. The molecule has 2 heterocycles. The Morgan fingerprint density at radius 3 is 2.80 bits per heavy atom. The number of nitrogens with two attached hydrogens (primary N) is 1. The van der Waals surface area contributed by atoms with Gasteiger partial charge in [-0.2, -0.15) is 5.10 Å². The molecule has 1 aliphatic rings. The Kier molecular flexibility index (Phi) is 2.48. The van der Waals surface area contributed by atoms with Crippen LogP contribution in [0.2, 0.25) is 0 Å². The Hall–Kier alpha value is -1.36. The molecular weight excluding hydrogens is 192 g/mol. The summed E-state index contributed by atoms with van der Waals surface area (Å²) >= 11 is 0. The van der Waals surface area contributed by atoms with E-state index >= 15 is 0 Å². The molecule has 0 aromatic carbocycles. The van der Waals surface area contributed by atoms with Gasteiger partial charge in [-0.1, -0.05) is 0 Å². The highest BCUT2D eigenvalue weighted by Crippen LogP contribution is 2.16. The summed E-state index contributed by atoms with van der Waals surface area (Å²) in [4.78, 5) is 13.9. The number of aromatic amines is 1. The number of carbonyl (C=O) groups is 1. The van der Waals surface area contributed by atoms with Crippen LogP contribution in [0.5, 0.6) is 0 Å². The standard InChI is InChI=1S/C10H16N4O/c1-6-9(7(2)13-12-6)10(15)14-4-3-8(11)5-14/h8H,3-5,11H2,1-2H3,(H,12,13)/t8-/m0/s1. The molecule has 1 fully saturated rings. The summed E-state index contributed by atoms with van der Waals surface area (Å²) in [6, 6.07) is 0.126. The predicted octanol–water partition coefficient (Wildman–Crippen LogP) is 0.200. The molecular formula is C10H16N4O. The first-order chi connectivity index (χ1) is 7.09.